The number of fused-ring (bicyclic) bond motifs is 5. The van der Waals surface area contributed by atoms with Crippen molar-refractivity contribution >= 4 is 11.4 Å². The Bertz CT molecular complexity index is 510. The summed E-state index contributed by atoms with van der Waals surface area (Å²) in [5.74, 6) is 0.497. The van der Waals surface area contributed by atoms with Crippen LogP contribution in [0.3, 0.4) is 0 Å². The number of benzene rings is 1. The number of nitrogens with zero attached hydrogens (tertiary/aromatic N) is 2. The molecule has 1 aromatic rings. The average Bonchev–Trinajstić information content (AvgIpc) is 2.59. The van der Waals surface area contributed by atoms with Gasteiger partial charge in [-0.3, -0.25) is 20.2 Å². The van der Waals surface area contributed by atoms with Gasteiger partial charge in [-0.05, 0) is 29.4 Å². The summed E-state index contributed by atoms with van der Waals surface area (Å²) in [6, 6.07) is 2.79. The van der Waals surface area contributed by atoms with Crippen molar-refractivity contribution in [2.45, 2.75) is 18.3 Å². The number of nitro groups is 2. The number of piperidine rings is 1. The van der Waals surface area contributed by atoms with Crippen molar-refractivity contribution in [2.75, 3.05) is 13.1 Å². The summed E-state index contributed by atoms with van der Waals surface area (Å²) in [7, 11) is 0. The summed E-state index contributed by atoms with van der Waals surface area (Å²) in [5, 5.41) is 25.1. The van der Waals surface area contributed by atoms with Gasteiger partial charge in [0, 0.05) is 25.2 Å². The monoisotopic (exact) mass is 249 g/mol. The minimum Gasteiger partial charge on any atom is -0.316 e. The fourth-order valence-electron chi connectivity index (χ4n) is 3.02. The van der Waals surface area contributed by atoms with Crippen LogP contribution in [0.15, 0.2) is 12.1 Å². The first-order valence-corrected chi connectivity index (χ1v) is 5.75. The Hall–Kier alpha value is -2.02. The maximum Gasteiger partial charge on any atom is 0.346 e. The van der Waals surface area contributed by atoms with Crippen molar-refractivity contribution in [3.8, 4) is 0 Å². The Balaban J connectivity index is 2.20. The molecule has 1 heterocycles. The van der Waals surface area contributed by atoms with Gasteiger partial charge in [0.15, 0.2) is 0 Å². The Labute approximate surface area is 102 Å². The lowest BCUT2D eigenvalue weighted by atomic mass is 9.98. The molecule has 1 saturated heterocycles. The Morgan fingerprint density at radius 2 is 1.44 bits per heavy atom. The fraction of sp³-hybridized carbons (Fsp3) is 0.455. The van der Waals surface area contributed by atoms with Crippen molar-refractivity contribution in [3.63, 3.8) is 0 Å². The lowest BCUT2D eigenvalue weighted by Crippen LogP contribution is -2.28. The van der Waals surface area contributed by atoms with Gasteiger partial charge in [0.05, 0.1) is 9.85 Å². The van der Waals surface area contributed by atoms with E-state index in [-0.39, 0.29) is 11.8 Å². The molecule has 2 aliphatic rings. The van der Waals surface area contributed by atoms with Crippen LogP contribution in [0.1, 0.15) is 29.4 Å². The maximum atomic E-state index is 10.9. The van der Waals surface area contributed by atoms with Gasteiger partial charge in [-0.25, -0.2) is 0 Å². The van der Waals surface area contributed by atoms with E-state index in [1.54, 1.807) is 0 Å². The van der Waals surface area contributed by atoms with Crippen molar-refractivity contribution in [1.82, 2.24) is 5.32 Å². The molecule has 0 radical (unpaired) electrons. The molecular formula is C11H11N3O4. The third-order valence-electron chi connectivity index (χ3n) is 3.80. The van der Waals surface area contributed by atoms with Crippen LogP contribution in [0.25, 0.3) is 0 Å². The van der Waals surface area contributed by atoms with E-state index < -0.39 is 21.2 Å². The van der Waals surface area contributed by atoms with Crippen LogP contribution < -0.4 is 5.32 Å². The van der Waals surface area contributed by atoms with Gasteiger partial charge < -0.3 is 5.32 Å². The van der Waals surface area contributed by atoms with Gasteiger partial charge in [-0.15, -0.1) is 0 Å². The molecule has 2 bridgehead atoms. The van der Waals surface area contributed by atoms with Gasteiger partial charge >= 0.3 is 11.4 Å². The molecule has 1 fully saturated rings. The number of rotatable bonds is 2. The minimum atomic E-state index is -0.672. The van der Waals surface area contributed by atoms with Gasteiger partial charge in [0.1, 0.15) is 0 Å². The summed E-state index contributed by atoms with van der Waals surface area (Å²) in [4.78, 5) is 20.5. The molecule has 0 spiro atoms. The average molecular weight is 249 g/mol. The molecule has 1 aliphatic carbocycles. The second-order valence-electron chi connectivity index (χ2n) is 4.77. The molecule has 18 heavy (non-hydrogen) atoms. The molecule has 7 nitrogen and oxygen atoms in total. The Morgan fingerprint density at radius 1 is 1.00 bits per heavy atom. The molecule has 0 aromatic heterocycles. The van der Waals surface area contributed by atoms with Crippen LogP contribution in [-0.4, -0.2) is 22.9 Å². The SMILES string of the molecule is O=[N+]([O-])c1cc2c(cc1[N+](=O)[O-])[C@H]1CNC[C@@H]2C1. The van der Waals surface area contributed by atoms with Crippen molar-refractivity contribution in [2.24, 2.45) is 0 Å². The molecular weight excluding hydrogens is 238 g/mol. The minimum absolute atomic E-state index is 0.248. The Morgan fingerprint density at radius 3 is 1.83 bits per heavy atom. The molecule has 0 saturated carbocycles. The standard InChI is InChI=1S/C11H11N3O4/c15-13(16)10-2-8-6-1-7(5-12-4-6)9(8)3-11(10)14(17)18/h2-3,6-7,12H,1,4-5H2/t6-,7+. The first-order valence-electron chi connectivity index (χ1n) is 5.75. The fourth-order valence-corrected chi connectivity index (χ4v) is 3.02. The van der Waals surface area contributed by atoms with Crippen LogP contribution in [0, 0.1) is 20.2 Å². The highest BCUT2D eigenvalue weighted by atomic mass is 16.6. The lowest BCUT2D eigenvalue weighted by molar-refractivity contribution is -0.422. The molecule has 1 aliphatic heterocycles. The number of hydrogen-bond acceptors (Lipinski definition) is 5. The molecule has 2 atom stereocenters. The zero-order valence-corrected chi connectivity index (χ0v) is 9.46. The summed E-state index contributed by atoms with van der Waals surface area (Å²) in [6.07, 6.45) is 0.931. The highest BCUT2D eigenvalue weighted by Crippen LogP contribution is 2.47. The summed E-state index contributed by atoms with van der Waals surface area (Å²) >= 11 is 0. The molecule has 7 heteroatoms. The van der Waals surface area contributed by atoms with Gasteiger partial charge in [0.2, 0.25) is 0 Å². The van der Waals surface area contributed by atoms with Crippen LogP contribution in [0.2, 0.25) is 0 Å². The summed E-state index contributed by atoms with van der Waals surface area (Å²) in [6.45, 7) is 1.58. The molecule has 0 unspecified atom stereocenters. The zero-order chi connectivity index (χ0) is 12.9. The normalized spacial score (nSPS) is 24.7. The number of nitrogens with one attached hydrogen (secondary N) is 1. The summed E-state index contributed by atoms with van der Waals surface area (Å²) in [5.41, 5.74) is 1.02. The summed E-state index contributed by atoms with van der Waals surface area (Å²) < 4.78 is 0. The first-order chi connectivity index (χ1) is 8.58. The highest BCUT2D eigenvalue weighted by Gasteiger charge is 2.38. The predicted molar refractivity (Wildman–Crippen MR) is 62.7 cm³/mol. The number of nitro benzene ring substituents is 2. The zero-order valence-electron chi connectivity index (χ0n) is 9.46. The van der Waals surface area contributed by atoms with Crippen LogP contribution in [0.4, 0.5) is 11.4 Å². The predicted octanol–water partition coefficient (Wildman–Crippen LogP) is 1.68. The van der Waals surface area contributed by atoms with E-state index in [2.05, 4.69) is 5.32 Å². The molecule has 3 rings (SSSR count). The quantitative estimate of drug-likeness (QED) is 0.635. The van der Waals surface area contributed by atoms with Gasteiger partial charge in [0.25, 0.3) is 0 Å². The Kier molecular flexibility index (Phi) is 2.30. The van der Waals surface area contributed by atoms with Crippen molar-refractivity contribution in [3.05, 3.63) is 43.5 Å². The van der Waals surface area contributed by atoms with Crippen LogP contribution in [-0.2, 0) is 0 Å². The lowest BCUT2D eigenvalue weighted by Gasteiger charge is -2.19. The van der Waals surface area contributed by atoms with Gasteiger partial charge in [-0.1, -0.05) is 0 Å². The van der Waals surface area contributed by atoms with Gasteiger partial charge in [-0.2, -0.15) is 0 Å². The van der Waals surface area contributed by atoms with E-state index in [0.29, 0.717) is 0 Å². The van der Waals surface area contributed by atoms with Crippen LogP contribution in [0.5, 0.6) is 0 Å². The topological polar surface area (TPSA) is 98.3 Å². The third kappa shape index (κ3) is 1.47. The highest BCUT2D eigenvalue weighted by molar-refractivity contribution is 5.60. The molecule has 0 amide bonds. The van der Waals surface area contributed by atoms with Crippen molar-refractivity contribution in [1.29, 1.82) is 0 Å². The molecule has 94 valence electrons. The van der Waals surface area contributed by atoms with E-state index in [0.717, 1.165) is 30.6 Å². The largest absolute Gasteiger partial charge is 0.346 e. The van der Waals surface area contributed by atoms with Crippen molar-refractivity contribution < 1.29 is 9.85 Å². The molecule has 1 N–H and O–H groups in total. The molecule has 1 aromatic carbocycles. The number of hydrogen-bond donors (Lipinski definition) is 1. The van der Waals surface area contributed by atoms with E-state index in [4.69, 9.17) is 0 Å². The van der Waals surface area contributed by atoms with E-state index in [1.165, 1.54) is 12.1 Å². The van der Waals surface area contributed by atoms with Crippen LogP contribution >= 0.6 is 0 Å². The van der Waals surface area contributed by atoms with E-state index in [1.807, 2.05) is 0 Å². The second-order valence-corrected chi connectivity index (χ2v) is 4.77. The van der Waals surface area contributed by atoms with E-state index in [9.17, 15) is 20.2 Å². The first kappa shape index (κ1) is 11.1. The van der Waals surface area contributed by atoms with E-state index >= 15 is 0 Å². The maximum absolute atomic E-state index is 10.9. The second kappa shape index (κ2) is 3.74. The smallest absolute Gasteiger partial charge is 0.316 e. The third-order valence-corrected chi connectivity index (χ3v) is 3.80.